The summed E-state index contributed by atoms with van der Waals surface area (Å²) in [6.45, 7) is -0.116. The van der Waals surface area contributed by atoms with Gasteiger partial charge in [0.05, 0.1) is 20.1 Å². The van der Waals surface area contributed by atoms with Crippen molar-refractivity contribution in [2.24, 2.45) is 0 Å². The highest BCUT2D eigenvalue weighted by molar-refractivity contribution is 14.1. The molecule has 0 saturated carbocycles. The molecule has 0 aliphatic heterocycles. The first kappa shape index (κ1) is 14.9. The Morgan fingerprint density at radius 1 is 1.63 bits per heavy atom. The highest BCUT2D eigenvalue weighted by atomic mass is 127. The van der Waals surface area contributed by atoms with Crippen molar-refractivity contribution >= 4 is 34.2 Å². The van der Waals surface area contributed by atoms with Crippen LogP contribution in [-0.2, 0) is 4.79 Å². The summed E-state index contributed by atoms with van der Waals surface area (Å²) in [4.78, 5) is 20.5. The summed E-state index contributed by atoms with van der Waals surface area (Å²) in [5.74, 6) is -1.12. The molecule has 0 saturated heterocycles. The number of nitro groups is 1. The number of nitriles is 1. The zero-order chi connectivity index (χ0) is 14.4. The van der Waals surface area contributed by atoms with Gasteiger partial charge in [0.2, 0.25) is 5.75 Å². The summed E-state index contributed by atoms with van der Waals surface area (Å²) in [7, 11) is 0. The topological polar surface area (TPSA) is 113 Å². The minimum atomic E-state index is -1.13. The first-order chi connectivity index (χ1) is 8.95. The van der Waals surface area contributed by atoms with Gasteiger partial charge in [-0.1, -0.05) is 0 Å². The fourth-order valence-corrected chi connectivity index (χ4v) is 1.97. The number of nitro benzene ring substituents is 1. The fraction of sp³-hybridized carbons (Fsp3) is 0.0909. The minimum absolute atomic E-state index is 0.0136. The number of benzene rings is 1. The van der Waals surface area contributed by atoms with Gasteiger partial charge in [0, 0.05) is 12.1 Å². The van der Waals surface area contributed by atoms with E-state index in [4.69, 9.17) is 15.1 Å². The number of rotatable bonds is 5. The predicted octanol–water partition coefficient (Wildman–Crippen LogP) is 2.09. The molecular weight excluding hydrogens is 367 g/mol. The maximum atomic E-state index is 10.9. The lowest BCUT2D eigenvalue weighted by Gasteiger charge is -2.06. The van der Waals surface area contributed by atoms with Crippen molar-refractivity contribution in [2.45, 2.75) is 0 Å². The van der Waals surface area contributed by atoms with Crippen molar-refractivity contribution in [1.82, 2.24) is 0 Å². The first-order valence-electron chi connectivity index (χ1n) is 4.86. The maximum absolute atomic E-state index is 10.9. The van der Waals surface area contributed by atoms with Crippen LogP contribution in [0.4, 0.5) is 5.69 Å². The van der Waals surface area contributed by atoms with Gasteiger partial charge in [-0.15, -0.1) is 0 Å². The third-order valence-corrected chi connectivity index (χ3v) is 2.74. The number of carboxylic acid groups (broad SMARTS) is 1. The van der Waals surface area contributed by atoms with Crippen LogP contribution in [0, 0.1) is 25.0 Å². The van der Waals surface area contributed by atoms with Gasteiger partial charge in [-0.25, -0.2) is 4.79 Å². The van der Waals surface area contributed by atoms with E-state index in [2.05, 4.69) is 0 Å². The Balaban J connectivity index is 3.03. The molecule has 0 unspecified atom stereocenters. The molecule has 7 nitrogen and oxygen atoms in total. The molecule has 0 bridgehead atoms. The third kappa shape index (κ3) is 4.22. The molecule has 0 aromatic heterocycles. The van der Waals surface area contributed by atoms with Gasteiger partial charge in [-0.05, 0) is 34.7 Å². The Morgan fingerprint density at radius 2 is 2.32 bits per heavy atom. The molecule has 0 atom stereocenters. The second-order valence-corrected chi connectivity index (χ2v) is 4.39. The smallest absolute Gasteiger partial charge is 0.328 e. The Labute approximate surface area is 121 Å². The summed E-state index contributed by atoms with van der Waals surface area (Å²) >= 11 is 1.81. The predicted molar refractivity (Wildman–Crippen MR) is 72.8 cm³/mol. The molecule has 0 aliphatic carbocycles. The lowest BCUT2D eigenvalue weighted by Crippen LogP contribution is -2.02. The molecule has 1 rings (SSSR count). The van der Waals surface area contributed by atoms with Gasteiger partial charge in [0.15, 0.2) is 0 Å². The average molecular weight is 374 g/mol. The van der Waals surface area contributed by atoms with Crippen molar-refractivity contribution in [3.05, 3.63) is 43.5 Å². The van der Waals surface area contributed by atoms with Crippen LogP contribution in [0.3, 0.4) is 0 Å². The standard InChI is InChI=1S/C11H7IN2O5/c12-8-4-7(6-13)5-9(14(17)18)11(8)19-3-1-2-10(15)16/h1-2,4-5H,3H2,(H,15,16). The van der Waals surface area contributed by atoms with E-state index in [1.807, 2.05) is 28.7 Å². The second-order valence-electron chi connectivity index (χ2n) is 3.23. The molecule has 0 heterocycles. The molecule has 0 spiro atoms. The molecule has 8 heteroatoms. The molecule has 0 radical (unpaired) electrons. The largest absolute Gasteiger partial charge is 0.482 e. The number of aliphatic carboxylic acids is 1. The molecular formula is C11H7IN2O5. The number of halogens is 1. The number of ether oxygens (including phenoxy) is 1. The number of hydrogen-bond donors (Lipinski definition) is 1. The molecule has 1 N–H and O–H groups in total. The maximum Gasteiger partial charge on any atom is 0.328 e. The molecule has 0 aliphatic rings. The number of carboxylic acids is 1. The minimum Gasteiger partial charge on any atom is -0.482 e. The van der Waals surface area contributed by atoms with Crippen LogP contribution in [0.5, 0.6) is 5.75 Å². The third-order valence-electron chi connectivity index (χ3n) is 1.93. The van der Waals surface area contributed by atoms with Gasteiger partial charge in [-0.3, -0.25) is 10.1 Å². The van der Waals surface area contributed by atoms with Crippen molar-refractivity contribution in [3.63, 3.8) is 0 Å². The van der Waals surface area contributed by atoms with Crippen molar-refractivity contribution in [3.8, 4) is 11.8 Å². The second kappa shape index (κ2) is 6.69. The van der Waals surface area contributed by atoms with E-state index >= 15 is 0 Å². The molecule has 19 heavy (non-hydrogen) atoms. The first-order valence-corrected chi connectivity index (χ1v) is 5.94. The Kier molecular flexibility index (Phi) is 5.25. The van der Waals surface area contributed by atoms with Gasteiger partial charge in [0.1, 0.15) is 6.61 Å². The number of hydrogen-bond acceptors (Lipinski definition) is 5. The monoisotopic (exact) mass is 374 g/mol. The highest BCUT2D eigenvalue weighted by Crippen LogP contribution is 2.33. The van der Waals surface area contributed by atoms with E-state index in [0.717, 1.165) is 12.1 Å². The van der Waals surface area contributed by atoms with Crippen molar-refractivity contribution in [1.29, 1.82) is 5.26 Å². The summed E-state index contributed by atoms with van der Waals surface area (Å²) in [5.41, 5.74) is -0.170. The zero-order valence-electron chi connectivity index (χ0n) is 9.37. The zero-order valence-corrected chi connectivity index (χ0v) is 11.5. The SMILES string of the molecule is N#Cc1cc(I)c(OCC=CC(=O)O)c([N+](=O)[O-])c1. The highest BCUT2D eigenvalue weighted by Gasteiger charge is 2.20. The van der Waals surface area contributed by atoms with Crippen LogP contribution in [-0.4, -0.2) is 22.6 Å². The molecule has 0 amide bonds. The Hall–Kier alpha value is -2.15. The van der Waals surface area contributed by atoms with Crippen molar-refractivity contribution in [2.75, 3.05) is 6.61 Å². The van der Waals surface area contributed by atoms with Crippen molar-refractivity contribution < 1.29 is 19.6 Å². The van der Waals surface area contributed by atoms with E-state index in [1.165, 1.54) is 12.1 Å². The number of nitrogens with zero attached hydrogens (tertiary/aromatic N) is 2. The van der Waals surface area contributed by atoms with E-state index in [1.54, 1.807) is 0 Å². The van der Waals surface area contributed by atoms with E-state index in [-0.39, 0.29) is 23.6 Å². The van der Waals surface area contributed by atoms with E-state index < -0.39 is 10.9 Å². The summed E-state index contributed by atoms with van der Waals surface area (Å²) in [5, 5.41) is 28.0. The lowest BCUT2D eigenvalue weighted by atomic mass is 10.2. The average Bonchev–Trinajstić information content (AvgIpc) is 2.34. The van der Waals surface area contributed by atoms with E-state index in [0.29, 0.717) is 3.57 Å². The van der Waals surface area contributed by atoms with Crippen LogP contribution in [0.15, 0.2) is 24.3 Å². The normalized spacial score (nSPS) is 10.1. The van der Waals surface area contributed by atoms with Gasteiger partial charge in [0.25, 0.3) is 0 Å². The summed E-state index contributed by atoms with van der Waals surface area (Å²) < 4.78 is 5.58. The van der Waals surface area contributed by atoms with Crippen LogP contribution < -0.4 is 4.74 Å². The van der Waals surface area contributed by atoms with Gasteiger partial charge >= 0.3 is 11.7 Å². The summed E-state index contributed by atoms with van der Waals surface area (Å²) in [6.07, 6.45) is 2.10. The van der Waals surface area contributed by atoms with Crippen LogP contribution in [0.1, 0.15) is 5.56 Å². The molecule has 1 aromatic carbocycles. The Morgan fingerprint density at radius 3 is 2.84 bits per heavy atom. The molecule has 98 valence electrons. The van der Waals surface area contributed by atoms with Gasteiger partial charge < -0.3 is 9.84 Å². The Bertz CT molecular complexity index is 591. The van der Waals surface area contributed by atoms with Crippen LogP contribution in [0.2, 0.25) is 0 Å². The van der Waals surface area contributed by atoms with E-state index in [9.17, 15) is 14.9 Å². The van der Waals surface area contributed by atoms with Crippen LogP contribution in [0.25, 0.3) is 0 Å². The number of carbonyl (C=O) groups is 1. The fourth-order valence-electron chi connectivity index (χ4n) is 1.20. The lowest BCUT2D eigenvalue weighted by molar-refractivity contribution is -0.385. The van der Waals surface area contributed by atoms with Gasteiger partial charge in [-0.2, -0.15) is 5.26 Å². The summed E-state index contributed by atoms with van der Waals surface area (Å²) in [6, 6.07) is 4.37. The van der Waals surface area contributed by atoms with Crippen LogP contribution >= 0.6 is 22.6 Å². The molecule has 0 fully saturated rings. The quantitative estimate of drug-likeness (QED) is 0.365. The molecule has 1 aromatic rings.